The number of Topliss-reactive ketones (excluding diaryl/α,β-unsaturated/α-hetero) is 1. The molecule has 0 saturated heterocycles. The molecule has 0 spiro atoms. The quantitative estimate of drug-likeness (QED) is 0.458. The molecule has 0 fully saturated rings. The minimum absolute atomic E-state index is 0.0903. The molecule has 0 unspecified atom stereocenters. The zero-order valence-corrected chi connectivity index (χ0v) is 16.4. The van der Waals surface area contributed by atoms with E-state index < -0.39 is 0 Å². The number of carbonyl (C=O) groups excluding carboxylic acids is 1. The highest BCUT2D eigenvalue weighted by molar-refractivity contribution is 8.02. The van der Waals surface area contributed by atoms with E-state index in [1.165, 1.54) is 23.1 Å². The van der Waals surface area contributed by atoms with Crippen LogP contribution in [0.3, 0.4) is 0 Å². The minimum atomic E-state index is -0.227. The number of ketones is 1. The van der Waals surface area contributed by atoms with Gasteiger partial charge in [0.2, 0.25) is 5.13 Å². The van der Waals surface area contributed by atoms with E-state index in [2.05, 4.69) is 15.5 Å². The largest absolute Gasteiger partial charge is 0.497 e. The Morgan fingerprint density at radius 1 is 1.19 bits per heavy atom. The second-order valence-corrected chi connectivity index (χ2v) is 8.29. The second kappa shape index (κ2) is 8.33. The first-order valence-corrected chi connectivity index (χ1v) is 9.77. The van der Waals surface area contributed by atoms with Crippen LogP contribution in [-0.2, 0) is 0 Å². The van der Waals surface area contributed by atoms with Crippen molar-refractivity contribution in [2.24, 2.45) is 0 Å². The summed E-state index contributed by atoms with van der Waals surface area (Å²) in [6.07, 6.45) is 0. The number of nitrogens with zero attached hydrogens (tertiary/aromatic N) is 2. The first-order valence-electron chi connectivity index (χ1n) is 8.07. The maximum atomic E-state index is 12.5. The Hall–Kier alpha value is -2.38. The lowest BCUT2D eigenvalue weighted by Crippen LogP contribution is -2.13. The number of hydrogen-bond donors (Lipinski definition) is 1. The molecule has 0 aliphatic heterocycles. The van der Waals surface area contributed by atoms with Crippen LogP contribution < -0.4 is 10.1 Å². The third kappa shape index (κ3) is 4.62. The molecule has 1 atom stereocenters. The fraction of sp³-hybridized carbons (Fsp3) is 0.211. The topological polar surface area (TPSA) is 64.1 Å². The standard InChI is InChI=1S/C19H19N3O2S2/c1-12-7-9-14(10-8-12)17(23)13(2)25-19-22-21-18(26-19)20-15-5-4-6-16(11-15)24-3/h4-11,13H,1-3H3,(H,20,21)/t13-/m1/s1. The number of ether oxygens (including phenoxy) is 1. The lowest BCUT2D eigenvalue weighted by atomic mass is 10.1. The van der Waals surface area contributed by atoms with Crippen LogP contribution in [0.2, 0.25) is 0 Å². The number of carbonyl (C=O) groups is 1. The number of thioether (sulfide) groups is 1. The summed E-state index contributed by atoms with van der Waals surface area (Å²) in [5.74, 6) is 0.860. The zero-order chi connectivity index (χ0) is 18.5. The molecule has 5 nitrogen and oxygen atoms in total. The van der Waals surface area contributed by atoms with Crippen molar-refractivity contribution in [3.8, 4) is 5.75 Å². The predicted octanol–water partition coefficient (Wildman–Crippen LogP) is 4.96. The first-order chi connectivity index (χ1) is 12.5. The number of rotatable bonds is 7. The van der Waals surface area contributed by atoms with E-state index in [1.807, 2.05) is 62.4 Å². The predicted molar refractivity (Wildman–Crippen MR) is 107 cm³/mol. The minimum Gasteiger partial charge on any atom is -0.497 e. The Morgan fingerprint density at radius 3 is 2.69 bits per heavy atom. The van der Waals surface area contributed by atoms with Crippen molar-refractivity contribution >= 4 is 39.7 Å². The molecule has 0 aliphatic carbocycles. The summed E-state index contributed by atoms with van der Waals surface area (Å²) in [5, 5.41) is 12.0. The molecule has 3 rings (SSSR count). The third-order valence-corrected chi connectivity index (χ3v) is 5.73. The van der Waals surface area contributed by atoms with Crippen molar-refractivity contribution in [2.75, 3.05) is 12.4 Å². The van der Waals surface area contributed by atoms with Gasteiger partial charge in [0.25, 0.3) is 0 Å². The van der Waals surface area contributed by atoms with Crippen molar-refractivity contribution in [1.29, 1.82) is 0 Å². The van der Waals surface area contributed by atoms with Crippen molar-refractivity contribution in [3.05, 3.63) is 59.7 Å². The lowest BCUT2D eigenvalue weighted by molar-refractivity contribution is 0.0994. The van der Waals surface area contributed by atoms with Crippen LogP contribution in [0.4, 0.5) is 10.8 Å². The Balaban J connectivity index is 1.64. The molecule has 1 N–H and O–H groups in total. The number of aryl methyl sites for hydroxylation is 1. The maximum Gasteiger partial charge on any atom is 0.210 e. The van der Waals surface area contributed by atoms with Crippen LogP contribution in [0.5, 0.6) is 5.75 Å². The lowest BCUT2D eigenvalue weighted by Gasteiger charge is -2.08. The van der Waals surface area contributed by atoms with Gasteiger partial charge in [-0.05, 0) is 26.0 Å². The highest BCUT2D eigenvalue weighted by Crippen LogP contribution is 2.32. The Morgan fingerprint density at radius 2 is 1.96 bits per heavy atom. The summed E-state index contributed by atoms with van der Waals surface area (Å²) < 4.78 is 5.96. The summed E-state index contributed by atoms with van der Waals surface area (Å²) in [6, 6.07) is 15.2. The summed E-state index contributed by atoms with van der Waals surface area (Å²) in [5.41, 5.74) is 2.73. The number of nitrogens with one attached hydrogen (secondary N) is 1. The van der Waals surface area contributed by atoms with Gasteiger partial charge in [0, 0.05) is 17.3 Å². The monoisotopic (exact) mass is 385 g/mol. The summed E-state index contributed by atoms with van der Waals surface area (Å²) in [4.78, 5) is 12.5. The van der Waals surface area contributed by atoms with Gasteiger partial charge in [-0.2, -0.15) is 0 Å². The van der Waals surface area contributed by atoms with Gasteiger partial charge in [0.05, 0.1) is 12.4 Å². The Kier molecular flexibility index (Phi) is 5.90. The van der Waals surface area contributed by atoms with Crippen molar-refractivity contribution in [3.63, 3.8) is 0 Å². The van der Waals surface area contributed by atoms with Crippen LogP contribution >= 0.6 is 23.1 Å². The van der Waals surface area contributed by atoms with Crippen molar-refractivity contribution in [2.45, 2.75) is 23.4 Å². The molecule has 1 aromatic heterocycles. The molecule has 0 amide bonds. The Bertz CT molecular complexity index is 894. The Labute approximate surface area is 160 Å². The van der Waals surface area contributed by atoms with E-state index in [0.29, 0.717) is 5.13 Å². The van der Waals surface area contributed by atoms with E-state index in [9.17, 15) is 4.79 Å². The van der Waals surface area contributed by atoms with Crippen molar-refractivity contribution in [1.82, 2.24) is 10.2 Å². The van der Waals surface area contributed by atoms with Crippen LogP contribution in [0.1, 0.15) is 22.8 Å². The number of methoxy groups -OCH3 is 1. The molecule has 0 saturated carbocycles. The van der Waals surface area contributed by atoms with Crippen LogP contribution in [0.15, 0.2) is 52.9 Å². The zero-order valence-electron chi connectivity index (χ0n) is 14.7. The van der Waals surface area contributed by atoms with Crippen LogP contribution in [-0.4, -0.2) is 28.3 Å². The second-order valence-electron chi connectivity index (χ2n) is 5.72. The van der Waals surface area contributed by atoms with Crippen molar-refractivity contribution < 1.29 is 9.53 Å². The molecule has 3 aromatic rings. The molecule has 0 aliphatic rings. The maximum absolute atomic E-state index is 12.5. The fourth-order valence-corrected chi connectivity index (χ4v) is 4.28. The molecule has 26 heavy (non-hydrogen) atoms. The van der Waals surface area contributed by atoms with Crippen LogP contribution in [0, 0.1) is 6.92 Å². The van der Waals surface area contributed by atoms with E-state index >= 15 is 0 Å². The summed E-state index contributed by atoms with van der Waals surface area (Å²) >= 11 is 2.84. The number of benzene rings is 2. The van der Waals surface area contributed by atoms with Gasteiger partial charge in [-0.15, -0.1) is 10.2 Å². The van der Waals surface area contributed by atoms with E-state index in [-0.39, 0.29) is 11.0 Å². The molecule has 2 aromatic carbocycles. The average Bonchev–Trinajstić information content (AvgIpc) is 3.08. The van der Waals surface area contributed by atoms with Gasteiger partial charge in [-0.3, -0.25) is 4.79 Å². The molecular formula is C19H19N3O2S2. The van der Waals surface area contributed by atoms with Gasteiger partial charge < -0.3 is 10.1 Å². The highest BCUT2D eigenvalue weighted by Gasteiger charge is 2.18. The molecule has 0 bridgehead atoms. The molecule has 7 heteroatoms. The van der Waals surface area contributed by atoms with E-state index in [0.717, 1.165) is 26.9 Å². The molecular weight excluding hydrogens is 366 g/mol. The average molecular weight is 386 g/mol. The van der Waals surface area contributed by atoms with Gasteiger partial charge in [0.15, 0.2) is 10.1 Å². The third-order valence-electron chi connectivity index (χ3n) is 3.71. The number of hydrogen-bond acceptors (Lipinski definition) is 7. The normalized spacial score (nSPS) is 11.8. The summed E-state index contributed by atoms with van der Waals surface area (Å²) in [6.45, 7) is 3.90. The fourth-order valence-electron chi connectivity index (χ4n) is 2.29. The number of anilines is 2. The number of aromatic nitrogens is 2. The van der Waals surface area contributed by atoms with Gasteiger partial charge in [-0.1, -0.05) is 59.0 Å². The first kappa shape index (κ1) is 18.4. The smallest absolute Gasteiger partial charge is 0.210 e. The van der Waals surface area contributed by atoms with E-state index in [1.54, 1.807) is 7.11 Å². The van der Waals surface area contributed by atoms with Gasteiger partial charge in [-0.25, -0.2) is 0 Å². The molecule has 0 radical (unpaired) electrons. The molecule has 134 valence electrons. The molecule has 1 heterocycles. The highest BCUT2D eigenvalue weighted by atomic mass is 32.2. The van der Waals surface area contributed by atoms with Gasteiger partial charge in [0.1, 0.15) is 5.75 Å². The SMILES string of the molecule is COc1cccc(Nc2nnc(S[C@H](C)C(=O)c3ccc(C)cc3)s2)c1. The summed E-state index contributed by atoms with van der Waals surface area (Å²) in [7, 11) is 1.63. The van der Waals surface area contributed by atoms with Gasteiger partial charge >= 0.3 is 0 Å². The van der Waals surface area contributed by atoms with Crippen LogP contribution in [0.25, 0.3) is 0 Å². The van der Waals surface area contributed by atoms with E-state index in [4.69, 9.17) is 4.74 Å².